The monoisotopic (exact) mass is 273 g/mol. The number of nitrogens with one attached hydrogen (secondary N) is 1. The molecule has 2 rings (SSSR count). The molecule has 0 bridgehead atoms. The number of aromatic nitrogens is 2. The summed E-state index contributed by atoms with van der Waals surface area (Å²) in [7, 11) is 1.78. The zero-order valence-electron chi connectivity index (χ0n) is 11.2. The molecule has 0 aliphatic carbocycles. The van der Waals surface area contributed by atoms with Crippen LogP contribution in [-0.4, -0.2) is 26.5 Å². The lowest BCUT2D eigenvalue weighted by molar-refractivity contribution is 0.102. The third-order valence-electron chi connectivity index (χ3n) is 2.82. The maximum atomic E-state index is 12.1. The van der Waals surface area contributed by atoms with E-state index in [1.807, 2.05) is 13.0 Å². The molecule has 4 N–H and O–H groups in total. The number of imidazole rings is 1. The molecule has 1 aromatic heterocycles. The maximum Gasteiger partial charge on any atom is 0.275 e. The average Bonchev–Trinajstić information content (AvgIpc) is 2.85. The zero-order valence-corrected chi connectivity index (χ0v) is 11.2. The van der Waals surface area contributed by atoms with Crippen LogP contribution in [0.4, 0.5) is 5.69 Å². The molecule has 0 saturated heterocycles. The first-order valence-corrected chi connectivity index (χ1v) is 5.89. The Kier molecular flexibility index (Phi) is 3.69. The van der Waals surface area contributed by atoms with E-state index < -0.39 is 0 Å². The number of nitrogens with zero attached hydrogens (tertiary/aromatic N) is 3. The fourth-order valence-electron chi connectivity index (χ4n) is 1.88. The Morgan fingerprint density at radius 3 is 2.85 bits per heavy atom. The number of rotatable bonds is 3. The van der Waals surface area contributed by atoms with Crippen molar-refractivity contribution in [3.63, 3.8) is 0 Å². The molecule has 20 heavy (non-hydrogen) atoms. The van der Waals surface area contributed by atoms with Gasteiger partial charge in [-0.2, -0.15) is 0 Å². The van der Waals surface area contributed by atoms with Crippen LogP contribution in [0.5, 0.6) is 0 Å². The summed E-state index contributed by atoms with van der Waals surface area (Å²) in [6, 6.07) is 5.27. The number of carbonyl (C=O) groups is 1. The van der Waals surface area contributed by atoms with Crippen molar-refractivity contribution in [1.29, 1.82) is 0 Å². The van der Waals surface area contributed by atoms with Crippen LogP contribution in [0.25, 0.3) is 0 Å². The highest BCUT2D eigenvalue weighted by Gasteiger charge is 2.15. The van der Waals surface area contributed by atoms with E-state index in [4.69, 9.17) is 10.9 Å². The van der Waals surface area contributed by atoms with Crippen LogP contribution < -0.4 is 11.1 Å². The van der Waals surface area contributed by atoms with Crippen molar-refractivity contribution < 1.29 is 10.0 Å². The fraction of sp³-hybridized carbons (Fsp3) is 0.154. The van der Waals surface area contributed by atoms with E-state index in [-0.39, 0.29) is 11.7 Å². The van der Waals surface area contributed by atoms with Gasteiger partial charge in [-0.05, 0) is 18.6 Å². The summed E-state index contributed by atoms with van der Waals surface area (Å²) in [6.45, 7) is 1.81. The number of oxime groups is 1. The van der Waals surface area contributed by atoms with E-state index in [0.717, 1.165) is 5.56 Å². The third kappa shape index (κ3) is 2.61. The Morgan fingerprint density at radius 1 is 1.50 bits per heavy atom. The zero-order chi connectivity index (χ0) is 14.7. The second-order valence-electron chi connectivity index (χ2n) is 4.36. The predicted octanol–water partition coefficient (Wildman–Crippen LogP) is 1.08. The minimum Gasteiger partial charge on any atom is -0.409 e. The normalized spacial score (nSPS) is 11.4. The van der Waals surface area contributed by atoms with Crippen molar-refractivity contribution in [2.75, 3.05) is 5.32 Å². The molecule has 0 saturated carbocycles. The van der Waals surface area contributed by atoms with Crippen molar-refractivity contribution in [2.45, 2.75) is 6.92 Å². The Bertz CT molecular complexity index is 675. The second-order valence-corrected chi connectivity index (χ2v) is 4.36. The summed E-state index contributed by atoms with van der Waals surface area (Å²) < 4.78 is 1.68. The van der Waals surface area contributed by atoms with Gasteiger partial charge in [-0.1, -0.05) is 17.3 Å². The van der Waals surface area contributed by atoms with E-state index in [2.05, 4.69) is 15.5 Å². The summed E-state index contributed by atoms with van der Waals surface area (Å²) in [5.41, 5.74) is 7.68. The second kappa shape index (κ2) is 5.43. The number of amides is 1. The van der Waals surface area contributed by atoms with Gasteiger partial charge in [-0.15, -0.1) is 0 Å². The van der Waals surface area contributed by atoms with Crippen LogP contribution in [0.3, 0.4) is 0 Å². The molecule has 0 aliphatic heterocycles. The van der Waals surface area contributed by atoms with E-state index >= 15 is 0 Å². The van der Waals surface area contributed by atoms with Crippen LogP contribution in [-0.2, 0) is 7.05 Å². The molecule has 0 spiro atoms. The topological polar surface area (TPSA) is 106 Å². The number of hydrogen-bond acceptors (Lipinski definition) is 4. The van der Waals surface area contributed by atoms with E-state index in [9.17, 15) is 4.79 Å². The first-order valence-electron chi connectivity index (χ1n) is 5.89. The molecule has 0 fully saturated rings. The van der Waals surface area contributed by atoms with Crippen molar-refractivity contribution in [3.8, 4) is 0 Å². The molecule has 7 nitrogen and oxygen atoms in total. The maximum absolute atomic E-state index is 12.1. The van der Waals surface area contributed by atoms with Crippen molar-refractivity contribution in [2.24, 2.45) is 17.9 Å². The average molecular weight is 273 g/mol. The van der Waals surface area contributed by atoms with Crippen LogP contribution in [0.1, 0.15) is 21.6 Å². The van der Waals surface area contributed by atoms with Crippen LogP contribution in [0.2, 0.25) is 0 Å². The smallest absolute Gasteiger partial charge is 0.275 e. The highest BCUT2D eigenvalue weighted by molar-refractivity contribution is 6.09. The summed E-state index contributed by atoms with van der Waals surface area (Å²) in [4.78, 5) is 16.0. The molecule has 0 radical (unpaired) electrons. The van der Waals surface area contributed by atoms with Gasteiger partial charge in [0.1, 0.15) is 5.69 Å². The molecule has 0 unspecified atom stereocenters. The highest BCUT2D eigenvalue weighted by atomic mass is 16.4. The molecule has 104 valence electrons. The summed E-state index contributed by atoms with van der Waals surface area (Å²) in [6.07, 6.45) is 3.14. The van der Waals surface area contributed by atoms with Crippen LogP contribution in [0.15, 0.2) is 35.9 Å². The van der Waals surface area contributed by atoms with Crippen LogP contribution in [0, 0.1) is 6.92 Å². The molecular formula is C13H15N5O2. The van der Waals surface area contributed by atoms with Gasteiger partial charge in [0.2, 0.25) is 0 Å². The van der Waals surface area contributed by atoms with Crippen molar-refractivity contribution >= 4 is 17.4 Å². The Hall–Kier alpha value is -2.83. The van der Waals surface area contributed by atoms with E-state index in [0.29, 0.717) is 16.9 Å². The Morgan fingerprint density at radius 2 is 2.25 bits per heavy atom. The number of hydrogen-bond donors (Lipinski definition) is 3. The molecular weight excluding hydrogens is 258 g/mol. The highest BCUT2D eigenvalue weighted by Crippen LogP contribution is 2.20. The Balaban J connectivity index is 2.34. The van der Waals surface area contributed by atoms with E-state index in [1.54, 1.807) is 29.9 Å². The molecule has 1 amide bonds. The van der Waals surface area contributed by atoms with Gasteiger partial charge in [-0.25, -0.2) is 4.98 Å². The van der Waals surface area contributed by atoms with Gasteiger partial charge >= 0.3 is 0 Å². The van der Waals surface area contributed by atoms with Gasteiger partial charge < -0.3 is 20.8 Å². The molecule has 7 heteroatoms. The minimum absolute atomic E-state index is 0.0561. The number of nitrogens with two attached hydrogens (primary N) is 1. The third-order valence-corrected chi connectivity index (χ3v) is 2.82. The van der Waals surface area contributed by atoms with Crippen molar-refractivity contribution in [1.82, 2.24) is 9.55 Å². The number of anilines is 1. The lowest BCUT2D eigenvalue weighted by Gasteiger charge is -2.11. The first-order chi connectivity index (χ1) is 9.52. The lowest BCUT2D eigenvalue weighted by Crippen LogP contribution is -2.20. The molecule has 1 aromatic carbocycles. The summed E-state index contributed by atoms with van der Waals surface area (Å²) >= 11 is 0. The summed E-state index contributed by atoms with van der Waals surface area (Å²) in [5, 5.41) is 14.5. The minimum atomic E-state index is -0.358. The fourth-order valence-corrected chi connectivity index (χ4v) is 1.88. The largest absolute Gasteiger partial charge is 0.409 e. The first kappa shape index (κ1) is 13.6. The van der Waals surface area contributed by atoms with Gasteiger partial charge in [-0.3, -0.25) is 4.79 Å². The quantitative estimate of drug-likeness (QED) is 0.336. The van der Waals surface area contributed by atoms with Crippen molar-refractivity contribution in [3.05, 3.63) is 47.5 Å². The molecule has 2 aromatic rings. The standard InChI is InChI=1S/C13H15N5O2/c1-8-4-3-5-9(11(8)12(14)17-20)16-13(19)10-6-18(2)7-15-10/h3-7,20H,1-2H3,(H2,14,17)(H,16,19). The molecule has 0 aliphatic rings. The predicted molar refractivity (Wildman–Crippen MR) is 74.9 cm³/mol. The van der Waals surface area contributed by atoms with Gasteiger partial charge in [0.25, 0.3) is 5.91 Å². The van der Waals surface area contributed by atoms with Gasteiger partial charge in [0.05, 0.1) is 12.0 Å². The van der Waals surface area contributed by atoms with E-state index in [1.165, 1.54) is 6.33 Å². The summed E-state index contributed by atoms with van der Waals surface area (Å²) in [5.74, 6) is -0.414. The SMILES string of the molecule is Cc1cccc(NC(=O)c2cn(C)cn2)c1/C(N)=N/O. The lowest BCUT2D eigenvalue weighted by atomic mass is 10.1. The number of amidine groups is 1. The number of aryl methyl sites for hydroxylation is 2. The molecule has 0 atom stereocenters. The van der Waals surface area contributed by atoms with Gasteiger partial charge in [0.15, 0.2) is 5.84 Å². The van der Waals surface area contributed by atoms with Gasteiger partial charge in [0, 0.05) is 18.8 Å². The molecule has 1 heterocycles. The van der Waals surface area contributed by atoms with Crippen LogP contribution >= 0.6 is 0 Å². The number of benzene rings is 1. The number of carbonyl (C=O) groups excluding carboxylic acids is 1. The Labute approximate surface area is 115 Å².